The van der Waals surface area contributed by atoms with E-state index in [1.54, 1.807) is 13.0 Å². The molecule has 1 amide bonds. The second kappa shape index (κ2) is 6.87. The quantitative estimate of drug-likeness (QED) is 0.836. The van der Waals surface area contributed by atoms with Gasteiger partial charge in [-0.15, -0.1) is 0 Å². The predicted molar refractivity (Wildman–Crippen MR) is 80.9 cm³/mol. The van der Waals surface area contributed by atoms with Crippen molar-refractivity contribution in [2.45, 2.75) is 29.3 Å². The second-order valence-electron chi connectivity index (χ2n) is 4.52. The number of alkyl halides is 3. The van der Waals surface area contributed by atoms with Crippen molar-refractivity contribution in [2.75, 3.05) is 5.32 Å². The van der Waals surface area contributed by atoms with Crippen LogP contribution in [-0.4, -0.2) is 5.91 Å². The molecule has 0 saturated carbocycles. The fraction of sp³-hybridized carbons (Fsp3) is 0.188. The van der Waals surface area contributed by atoms with Crippen LogP contribution in [0.4, 0.5) is 18.9 Å². The highest BCUT2D eigenvalue weighted by atomic mass is 32.2. The Bertz CT molecular complexity index is 656. The van der Waals surface area contributed by atoms with Crippen molar-refractivity contribution in [3.63, 3.8) is 0 Å². The van der Waals surface area contributed by atoms with Crippen molar-refractivity contribution in [3.8, 4) is 0 Å². The Morgan fingerprint density at radius 2 is 1.77 bits per heavy atom. The van der Waals surface area contributed by atoms with Crippen LogP contribution >= 0.6 is 11.8 Å². The Kier molecular flexibility index (Phi) is 5.13. The molecule has 2 aromatic carbocycles. The van der Waals surface area contributed by atoms with E-state index in [-0.39, 0.29) is 12.1 Å². The summed E-state index contributed by atoms with van der Waals surface area (Å²) in [6.45, 7) is 1.59. The number of benzene rings is 2. The van der Waals surface area contributed by atoms with Gasteiger partial charge in [0.2, 0.25) is 5.91 Å². The summed E-state index contributed by atoms with van der Waals surface area (Å²) < 4.78 is 39.5. The first-order chi connectivity index (χ1) is 10.4. The zero-order valence-corrected chi connectivity index (χ0v) is 12.6. The van der Waals surface area contributed by atoms with E-state index in [4.69, 9.17) is 0 Å². The smallest absolute Gasteiger partial charge is 0.326 e. The minimum Gasteiger partial charge on any atom is -0.326 e. The molecule has 2 aromatic rings. The highest BCUT2D eigenvalue weighted by Gasteiger charge is 2.34. The topological polar surface area (TPSA) is 29.1 Å². The molecule has 2 rings (SSSR count). The lowest BCUT2D eigenvalue weighted by Gasteiger charge is -2.15. The van der Waals surface area contributed by atoms with E-state index < -0.39 is 17.6 Å². The molecule has 2 nitrogen and oxygen atoms in total. The number of carbonyl (C=O) groups excluding carboxylic acids is 1. The van der Waals surface area contributed by atoms with Crippen molar-refractivity contribution in [1.29, 1.82) is 0 Å². The summed E-state index contributed by atoms with van der Waals surface area (Å²) in [6, 6.07) is 13.1. The molecular formula is C16H14F3NOS. The fourth-order valence-corrected chi connectivity index (χ4v) is 2.67. The second-order valence-corrected chi connectivity index (χ2v) is 5.67. The fourth-order valence-electron chi connectivity index (χ4n) is 1.79. The zero-order valence-electron chi connectivity index (χ0n) is 11.8. The maximum Gasteiger partial charge on any atom is 0.418 e. The van der Waals surface area contributed by atoms with Gasteiger partial charge in [0.15, 0.2) is 0 Å². The number of carbonyl (C=O) groups is 1. The average molecular weight is 325 g/mol. The van der Waals surface area contributed by atoms with Gasteiger partial charge in [0.25, 0.3) is 0 Å². The zero-order chi connectivity index (χ0) is 16.2. The van der Waals surface area contributed by atoms with Crippen LogP contribution in [0.5, 0.6) is 0 Å². The van der Waals surface area contributed by atoms with E-state index in [0.717, 1.165) is 11.0 Å². The summed E-state index contributed by atoms with van der Waals surface area (Å²) in [5, 5.41) is 2.29. The standard InChI is InChI=1S/C16H14F3NOS/c1-2-15(21)20-14-9-8-12(10-13(14)16(17,18)19)22-11-6-4-3-5-7-11/h3-10H,2H2,1H3,(H,20,21). The molecular weight excluding hydrogens is 311 g/mol. The van der Waals surface area contributed by atoms with Crippen molar-refractivity contribution in [3.05, 3.63) is 54.1 Å². The van der Waals surface area contributed by atoms with Gasteiger partial charge in [-0.2, -0.15) is 13.2 Å². The molecule has 0 atom stereocenters. The molecule has 0 aliphatic carbocycles. The van der Waals surface area contributed by atoms with Gasteiger partial charge in [0, 0.05) is 16.2 Å². The normalized spacial score (nSPS) is 11.3. The number of halogens is 3. The molecule has 116 valence electrons. The van der Waals surface area contributed by atoms with Gasteiger partial charge in [-0.3, -0.25) is 4.79 Å². The first-order valence-electron chi connectivity index (χ1n) is 6.64. The molecule has 0 unspecified atom stereocenters. The molecule has 1 N–H and O–H groups in total. The monoisotopic (exact) mass is 325 g/mol. The van der Waals surface area contributed by atoms with Crippen LogP contribution in [0.2, 0.25) is 0 Å². The van der Waals surface area contributed by atoms with Crippen LogP contribution in [0.1, 0.15) is 18.9 Å². The van der Waals surface area contributed by atoms with Crippen LogP contribution < -0.4 is 5.32 Å². The number of hydrogen-bond donors (Lipinski definition) is 1. The lowest BCUT2D eigenvalue weighted by Crippen LogP contribution is -2.15. The summed E-state index contributed by atoms with van der Waals surface area (Å²) in [5.74, 6) is -0.450. The van der Waals surface area contributed by atoms with Gasteiger partial charge >= 0.3 is 6.18 Å². The number of anilines is 1. The SMILES string of the molecule is CCC(=O)Nc1ccc(Sc2ccccc2)cc1C(F)(F)F. The van der Waals surface area contributed by atoms with Gasteiger partial charge in [0.05, 0.1) is 11.3 Å². The van der Waals surface area contributed by atoms with Gasteiger partial charge < -0.3 is 5.32 Å². The lowest BCUT2D eigenvalue weighted by atomic mass is 10.1. The Morgan fingerprint density at radius 1 is 1.09 bits per heavy atom. The third-order valence-corrected chi connectivity index (χ3v) is 3.87. The first-order valence-corrected chi connectivity index (χ1v) is 7.46. The summed E-state index contributed by atoms with van der Waals surface area (Å²) in [5.41, 5.74) is -1.05. The Morgan fingerprint density at radius 3 is 2.36 bits per heavy atom. The average Bonchev–Trinajstić information content (AvgIpc) is 2.48. The number of rotatable bonds is 4. The van der Waals surface area contributed by atoms with E-state index in [1.807, 2.05) is 30.3 Å². The largest absolute Gasteiger partial charge is 0.418 e. The number of amides is 1. The van der Waals surface area contributed by atoms with Crippen LogP contribution in [0, 0.1) is 0 Å². The molecule has 6 heteroatoms. The highest BCUT2D eigenvalue weighted by Crippen LogP contribution is 2.38. The maximum absolute atomic E-state index is 13.2. The summed E-state index contributed by atoms with van der Waals surface area (Å²) in [6.07, 6.45) is -4.40. The van der Waals surface area contributed by atoms with E-state index in [1.165, 1.54) is 17.8 Å². The van der Waals surface area contributed by atoms with Crippen LogP contribution in [0.15, 0.2) is 58.3 Å². The maximum atomic E-state index is 13.2. The Labute approximate surface area is 130 Å². The van der Waals surface area contributed by atoms with E-state index >= 15 is 0 Å². The first kappa shape index (κ1) is 16.4. The minimum atomic E-state index is -4.52. The van der Waals surface area contributed by atoms with Gasteiger partial charge in [-0.05, 0) is 30.3 Å². The van der Waals surface area contributed by atoms with Crippen molar-refractivity contribution in [2.24, 2.45) is 0 Å². The van der Waals surface area contributed by atoms with Gasteiger partial charge in [-0.25, -0.2) is 0 Å². The Hall–Kier alpha value is -1.95. The lowest BCUT2D eigenvalue weighted by molar-refractivity contribution is -0.137. The molecule has 0 aliphatic rings. The molecule has 0 aliphatic heterocycles. The predicted octanol–water partition coefficient (Wildman–Crippen LogP) is 5.21. The van der Waals surface area contributed by atoms with E-state index in [2.05, 4.69) is 5.32 Å². The summed E-state index contributed by atoms with van der Waals surface area (Å²) in [7, 11) is 0. The molecule has 0 bridgehead atoms. The summed E-state index contributed by atoms with van der Waals surface area (Å²) >= 11 is 1.24. The minimum absolute atomic E-state index is 0.123. The summed E-state index contributed by atoms with van der Waals surface area (Å²) in [4.78, 5) is 12.7. The molecule has 0 heterocycles. The van der Waals surface area contributed by atoms with Gasteiger partial charge in [-0.1, -0.05) is 36.9 Å². The molecule has 0 saturated heterocycles. The van der Waals surface area contributed by atoms with Crippen LogP contribution in [0.3, 0.4) is 0 Å². The van der Waals surface area contributed by atoms with Crippen molar-refractivity contribution >= 4 is 23.4 Å². The Balaban J connectivity index is 2.33. The molecule has 0 radical (unpaired) electrons. The van der Waals surface area contributed by atoms with Crippen molar-refractivity contribution < 1.29 is 18.0 Å². The number of nitrogens with one attached hydrogen (secondary N) is 1. The van der Waals surface area contributed by atoms with Crippen LogP contribution in [0.25, 0.3) is 0 Å². The van der Waals surface area contributed by atoms with E-state index in [0.29, 0.717) is 4.90 Å². The van der Waals surface area contributed by atoms with Crippen molar-refractivity contribution in [1.82, 2.24) is 0 Å². The molecule has 22 heavy (non-hydrogen) atoms. The number of hydrogen-bond acceptors (Lipinski definition) is 2. The molecule has 0 spiro atoms. The van der Waals surface area contributed by atoms with Gasteiger partial charge in [0.1, 0.15) is 0 Å². The molecule has 0 fully saturated rings. The third kappa shape index (κ3) is 4.27. The molecule has 0 aromatic heterocycles. The highest BCUT2D eigenvalue weighted by molar-refractivity contribution is 7.99. The van der Waals surface area contributed by atoms with E-state index in [9.17, 15) is 18.0 Å². The van der Waals surface area contributed by atoms with Crippen LogP contribution in [-0.2, 0) is 11.0 Å². The third-order valence-electron chi connectivity index (χ3n) is 2.87.